The van der Waals surface area contributed by atoms with E-state index in [1.54, 1.807) is 37.3 Å². The Morgan fingerprint density at radius 3 is 1.94 bits per heavy atom. The molecule has 14 heteroatoms. The Bertz CT molecular complexity index is 2630. The molecule has 0 bridgehead atoms. The molecule has 3 N–H and O–H groups in total. The van der Waals surface area contributed by atoms with Crippen molar-refractivity contribution >= 4 is 66.5 Å². The highest BCUT2D eigenvalue weighted by Crippen LogP contribution is 2.40. The molecule has 7 aromatic rings. The second-order valence-electron chi connectivity index (χ2n) is 11.6. The molecule has 3 heterocycles. The largest absolute Gasteiger partial charge is 0.382 e. The summed E-state index contributed by atoms with van der Waals surface area (Å²) in [4.78, 5) is 16.9. The molecule has 7 rings (SSSR count). The van der Waals surface area contributed by atoms with E-state index in [0.717, 1.165) is 11.8 Å². The lowest BCUT2D eigenvalue weighted by molar-refractivity contribution is 0.602. The summed E-state index contributed by atoms with van der Waals surface area (Å²) in [6.07, 6.45) is 2.31. The lowest BCUT2D eigenvalue weighted by Crippen LogP contribution is -2.16. The van der Waals surface area contributed by atoms with Crippen molar-refractivity contribution < 1.29 is 17.2 Å². The number of fused-ring (bicyclic) bond motifs is 2. The van der Waals surface area contributed by atoms with E-state index >= 15 is 0 Å². The third kappa shape index (κ3) is 7.34. The number of nitriles is 1. The summed E-state index contributed by atoms with van der Waals surface area (Å²) in [6.45, 7) is 1.76. The number of halogens is 4. The number of sulfone groups is 1. The zero-order chi connectivity index (χ0) is 37.2. The quantitative estimate of drug-likeness (QED) is 0.159. The molecule has 4 aromatic carbocycles. The minimum absolute atomic E-state index is 0.0178. The summed E-state index contributed by atoms with van der Waals surface area (Å²) < 4.78 is 53.4. The lowest BCUT2D eigenvalue weighted by Gasteiger charge is -2.22. The van der Waals surface area contributed by atoms with E-state index in [9.17, 15) is 22.5 Å². The van der Waals surface area contributed by atoms with Gasteiger partial charge in [0, 0.05) is 28.2 Å². The number of pyridine rings is 2. The number of nitrogens with one attached hydrogen (secondary N) is 1. The normalized spacial score (nSPS) is 11.8. The van der Waals surface area contributed by atoms with Gasteiger partial charge in [-0.1, -0.05) is 83.9 Å². The van der Waals surface area contributed by atoms with Gasteiger partial charge in [-0.25, -0.2) is 37.1 Å². The lowest BCUT2D eigenvalue weighted by atomic mass is 9.97. The van der Waals surface area contributed by atoms with E-state index in [0.29, 0.717) is 49.0 Å². The van der Waals surface area contributed by atoms with Crippen molar-refractivity contribution in [1.82, 2.24) is 19.9 Å². The van der Waals surface area contributed by atoms with Gasteiger partial charge >= 0.3 is 0 Å². The van der Waals surface area contributed by atoms with Crippen LogP contribution in [0.25, 0.3) is 44.1 Å². The molecule has 9 nitrogen and oxygen atoms in total. The second kappa shape index (κ2) is 14.9. The van der Waals surface area contributed by atoms with Crippen LogP contribution in [-0.2, 0) is 9.84 Å². The minimum atomic E-state index is -3.81. The Labute approximate surface area is 307 Å². The number of nitrogen functional groups attached to an aromatic ring is 1. The molecular weight excluding hydrogens is 727 g/mol. The van der Waals surface area contributed by atoms with Gasteiger partial charge in [0.15, 0.2) is 9.84 Å². The third-order valence-electron chi connectivity index (χ3n) is 8.01. The van der Waals surface area contributed by atoms with Crippen molar-refractivity contribution in [1.29, 1.82) is 5.26 Å². The first-order valence-electron chi connectivity index (χ1n) is 15.5. The van der Waals surface area contributed by atoms with E-state index in [1.165, 1.54) is 36.7 Å². The van der Waals surface area contributed by atoms with Crippen molar-refractivity contribution in [2.24, 2.45) is 0 Å². The van der Waals surface area contributed by atoms with Crippen molar-refractivity contribution in [3.8, 4) is 28.3 Å². The molecular formula is C38H27Cl2F2N7O2S. The monoisotopic (exact) mass is 753 g/mol. The van der Waals surface area contributed by atoms with Crippen LogP contribution in [0.1, 0.15) is 24.2 Å². The first-order chi connectivity index (χ1) is 24.9. The maximum absolute atomic E-state index is 14.1. The Morgan fingerprint density at radius 1 is 0.808 bits per heavy atom. The number of aromatic nitrogens is 4. The minimum Gasteiger partial charge on any atom is -0.382 e. The number of hydrogen-bond acceptors (Lipinski definition) is 9. The molecule has 0 amide bonds. The molecule has 3 aromatic heterocycles. The highest BCUT2D eigenvalue weighted by Gasteiger charge is 2.27. The molecule has 0 fully saturated rings. The van der Waals surface area contributed by atoms with Gasteiger partial charge in [-0.15, -0.1) is 0 Å². The van der Waals surface area contributed by atoms with Gasteiger partial charge in [0.1, 0.15) is 46.4 Å². The van der Waals surface area contributed by atoms with Gasteiger partial charge in [0.05, 0.1) is 32.7 Å². The van der Waals surface area contributed by atoms with Crippen LogP contribution >= 0.6 is 23.2 Å². The SMILES string of the molecule is CC(Nc1ncnc(N)c1C#N)c1nc2ccc(F)cc2c(S(C)(=O)=O)c1-c1ccccc1.Fc1ccc2nc(Cl)c(-c3ccccc3)c(Cl)c2c1. The Morgan fingerprint density at radius 2 is 1.37 bits per heavy atom. The summed E-state index contributed by atoms with van der Waals surface area (Å²) in [5.41, 5.74) is 9.58. The van der Waals surface area contributed by atoms with Gasteiger partial charge < -0.3 is 11.1 Å². The number of nitrogens with zero attached hydrogens (tertiary/aromatic N) is 5. The predicted octanol–water partition coefficient (Wildman–Crippen LogP) is 9.21. The highest BCUT2D eigenvalue weighted by molar-refractivity contribution is 7.91. The van der Waals surface area contributed by atoms with Gasteiger partial charge in [-0.2, -0.15) is 5.26 Å². The molecule has 1 atom stereocenters. The zero-order valence-corrected chi connectivity index (χ0v) is 29.8. The number of benzene rings is 4. The van der Waals surface area contributed by atoms with E-state index in [-0.39, 0.29) is 33.3 Å². The predicted molar refractivity (Wildman–Crippen MR) is 201 cm³/mol. The first kappa shape index (κ1) is 36.1. The molecule has 0 aliphatic carbocycles. The Kier molecular flexibility index (Phi) is 10.3. The maximum atomic E-state index is 14.1. The fraction of sp³-hybridized carbons (Fsp3) is 0.0789. The molecule has 0 spiro atoms. The molecule has 260 valence electrons. The van der Waals surface area contributed by atoms with Crippen molar-refractivity contribution in [2.45, 2.75) is 17.9 Å². The molecule has 0 saturated carbocycles. The Balaban J connectivity index is 0.000000206. The number of hydrogen-bond donors (Lipinski definition) is 2. The van der Waals surface area contributed by atoms with Gasteiger partial charge in [0.2, 0.25) is 0 Å². The van der Waals surface area contributed by atoms with Crippen LogP contribution in [0.4, 0.5) is 20.4 Å². The molecule has 0 aliphatic rings. The van der Waals surface area contributed by atoms with Gasteiger partial charge in [-0.05, 0) is 54.4 Å². The van der Waals surface area contributed by atoms with E-state index in [1.807, 2.05) is 42.5 Å². The summed E-state index contributed by atoms with van der Waals surface area (Å²) >= 11 is 12.6. The van der Waals surface area contributed by atoms with E-state index in [2.05, 4.69) is 25.3 Å². The highest BCUT2D eigenvalue weighted by atomic mass is 35.5. The first-order valence-corrected chi connectivity index (χ1v) is 18.2. The zero-order valence-electron chi connectivity index (χ0n) is 27.4. The molecule has 0 aliphatic heterocycles. The summed E-state index contributed by atoms with van der Waals surface area (Å²) in [7, 11) is -3.81. The topological polar surface area (TPSA) is 148 Å². The van der Waals surface area contributed by atoms with E-state index in [4.69, 9.17) is 28.9 Å². The molecule has 0 saturated heterocycles. The number of nitrogens with two attached hydrogens (primary N) is 1. The third-order valence-corrected chi connectivity index (χ3v) is 9.85. The van der Waals surface area contributed by atoms with E-state index < -0.39 is 21.7 Å². The van der Waals surface area contributed by atoms with Crippen LogP contribution in [0.2, 0.25) is 10.2 Å². The van der Waals surface area contributed by atoms with Crippen molar-refractivity contribution in [3.05, 3.63) is 136 Å². The van der Waals surface area contributed by atoms with Crippen LogP contribution in [0.5, 0.6) is 0 Å². The molecule has 0 radical (unpaired) electrons. The molecule has 1 unspecified atom stereocenters. The maximum Gasteiger partial charge on any atom is 0.176 e. The van der Waals surface area contributed by atoms with Crippen LogP contribution in [0.15, 0.2) is 108 Å². The van der Waals surface area contributed by atoms with Crippen LogP contribution in [-0.4, -0.2) is 34.6 Å². The van der Waals surface area contributed by atoms with Gasteiger partial charge in [0.25, 0.3) is 0 Å². The Hall–Kier alpha value is -5.74. The number of rotatable bonds is 6. The smallest absolute Gasteiger partial charge is 0.176 e. The van der Waals surface area contributed by atoms with Crippen molar-refractivity contribution in [3.63, 3.8) is 0 Å². The number of anilines is 2. The van der Waals surface area contributed by atoms with Crippen molar-refractivity contribution in [2.75, 3.05) is 17.3 Å². The fourth-order valence-electron chi connectivity index (χ4n) is 5.72. The summed E-state index contributed by atoms with van der Waals surface area (Å²) in [5.74, 6) is -0.706. The average Bonchev–Trinajstić information content (AvgIpc) is 3.12. The van der Waals surface area contributed by atoms with Crippen LogP contribution in [0.3, 0.4) is 0 Å². The fourth-order valence-corrected chi connectivity index (χ4v) is 7.57. The second-order valence-corrected chi connectivity index (χ2v) is 14.3. The van der Waals surface area contributed by atoms with Crippen LogP contribution in [0, 0.1) is 23.0 Å². The molecule has 52 heavy (non-hydrogen) atoms. The summed E-state index contributed by atoms with van der Waals surface area (Å²) in [6, 6.07) is 27.8. The standard InChI is InChI=1S/C23H19FN6O2S.C15H8Cl2FN/c1-13(29-23-17(11-25)22(26)27-12-28-23)20-19(14-6-4-3-5-7-14)21(33(2,31)32)16-10-15(24)8-9-18(16)30-20;16-14-11-8-10(18)6-7-12(11)19-15(17)13(14)9-4-2-1-3-5-9/h3-10,12-13H,1-2H3,(H3,26,27,28,29);1-8H. The average molecular weight is 755 g/mol. The summed E-state index contributed by atoms with van der Waals surface area (Å²) in [5, 5.41) is 14.0. The van der Waals surface area contributed by atoms with Gasteiger partial charge in [-0.3, -0.25) is 0 Å². The van der Waals surface area contributed by atoms with Crippen LogP contribution < -0.4 is 11.1 Å².